The third-order valence-corrected chi connectivity index (χ3v) is 4.49. The van der Waals surface area contributed by atoms with Gasteiger partial charge in [0.25, 0.3) is 0 Å². The van der Waals surface area contributed by atoms with Gasteiger partial charge in [-0.15, -0.1) is 0 Å². The highest BCUT2D eigenvalue weighted by atomic mass is 35.5. The van der Waals surface area contributed by atoms with Crippen LogP contribution in [0.2, 0.25) is 5.02 Å². The molecule has 0 aromatic heterocycles. The summed E-state index contributed by atoms with van der Waals surface area (Å²) in [5, 5.41) is 11.7. The fraction of sp³-hybridized carbons (Fsp3) is 0.385. The average molecular weight is 333 g/mol. The van der Waals surface area contributed by atoms with Crippen LogP contribution in [0.15, 0.2) is 18.2 Å². The molecule has 1 atom stereocenters. The summed E-state index contributed by atoms with van der Waals surface area (Å²) in [7, 11) is 0. The molecule has 8 heteroatoms. The summed E-state index contributed by atoms with van der Waals surface area (Å²) in [5.41, 5.74) is 0.175. The number of hydrogen-bond donors (Lipinski definition) is 2. The molecule has 114 valence electrons. The number of benzene rings is 1. The Morgan fingerprint density at radius 3 is 3.00 bits per heavy atom. The van der Waals surface area contributed by atoms with Crippen LogP contribution in [-0.4, -0.2) is 46.1 Å². The number of carboxylic acids is 1. The first-order valence-corrected chi connectivity index (χ1v) is 7.83. The Kier molecular flexibility index (Phi) is 5.30. The number of nitrogens with zero attached hydrogens (tertiary/aromatic N) is 1. The lowest BCUT2D eigenvalue weighted by atomic mass is 10.2. The number of halogens is 2. The Hall–Kier alpha value is -1.47. The van der Waals surface area contributed by atoms with Crippen molar-refractivity contribution in [2.24, 2.45) is 0 Å². The van der Waals surface area contributed by atoms with Crippen LogP contribution in [0.5, 0.6) is 0 Å². The van der Waals surface area contributed by atoms with Crippen LogP contribution in [0.25, 0.3) is 0 Å². The molecule has 0 spiro atoms. The molecule has 21 heavy (non-hydrogen) atoms. The number of aliphatic carboxylic acids is 1. The van der Waals surface area contributed by atoms with Crippen molar-refractivity contribution >= 4 is 41.1 Å². The predicted molar refractivity (Wildman–Crippen MR) is 80.5 cm³/mol. The van der Waals surface area contributed by atoms with E-state index in [2.05, 4.69) is 5.32 Å². The molecule has 1 saturated heterocycles. The Labute approximate surface area is 130 Å². The Morgan fingerprint density at radius 2 is 2.29 bits per heavy atom. The van der Waals surface area contributed by atoms with Gasteiger partial charge in [0.15, 0.2) is 0 Å². The summed E-state index contributed by atoms with van der Waals surface area (Å²) in [6, 6.07) is 2.84. The van der Waals surface area contributed by atoms with E-state index in [-0.39, 0.29) is 23.2 Å². The van der Waals surface area contributed by atoms with Crippen LogP contribution in [0, 0.1) is 5.82 Å². The summed E-state index contributed by atoms with van der Waals surface area (Å²) >= 11 is 7.51. The summed E-state index contributed by atoms with van der Waals surface area (Å²) in [6.07, 6.45) is -0.114. The zero-order valence-corrected chi connectivity index (χ0v) is 12.6. The third kappa shape index (κ3) is 4.25. The lowest BCUT2D eigenvalue weighted by Crippen LogP contribution is -2.48. The molecule has 1 aromatic rings. The van der Waals surface area contributed by atoms with Crippen LogP contribution >= 0.6 is 23.4 Å². The zero-order chi connectivity index (χ0) is 15.4. The lowest BCUT2D eigenvalue weighted by Gasteiger charge is -2.34. The van der Waals surface area contributed by atoms with Gasteiger partial charge in [-0.3, -0.25) is 4.79 Å². The molecule has 1 aliphatic heterocycles. The first kappa shape index (κ1) is 15.9. The number of amides is 2. The molecule has 0 saturated carbocycles. The van der Waals surface area contributed by atoms with Gasteiger partial charge in [-0.2, -0.15) is 11.8 Å². The quantitative estimate of drug-likeness (QED) is 0.893. The maximum Gasteiger partial charge on any atom is 0.322 e. The summed E-state index contributed by atoms with van der Waals surface area (Å²) in [4.78, 5) is 24.6. The molecule has 1 aromatic carbocycles. The number of carbonyl (C=O) groups is 2. The highest BCUT2D eigenvalue weighted by Crippen LogP contribution is 2.25. The fourth-order valence-electron chi connectivity index (χ4n) is 2.07. The van der Waals surface area contributed by atoms with Gasteiger partial charge in [-0.05, 0) is 18.2 Å². The van der Waals surface area contributed by atoms with E-state index >= 15 is 0 Å². The van der Waals surface area contributed by atoms with E-state index in [9.17, 15) is 14.0 Å². The van der Waals surface area contributed by atoms with Crippen molar-refractivity contribution in [1.29, 1.82) is 0 Å². The number of anilines is 1. The fourth-order valence-corrected chi connectivity index (χ4v) is 3.30. The van der Waals surface area contributed by atoms with E-state index in [0.717, 1.165) is 11.8 Å². The highest BCUT2D eigenvalue weighted by molar-refractivity contribution is 7.99. The minimum Gasteiger partial charge on any atom is -0.481 e. The Morgan fingerprint density at radius 1 is 1.52 bits per heavy atom. The number of urea groups is 1. The molecule has 2 rings (SSSR count). The second-order valence-corrected chi connectivity index (χ2v) is 6.13. The van der Waals surface area contributed by atoms with Crippen molar-refractivity contribution in [1.82, 2.24) is 4.90 Å². The zero-order valence-electron chi connectivity index (χ0n) is 11.0. The summed E-state index contributed by atoms with van der Waals surface area (Å²) < 4.78 is 13.2. The van der Waals surface area contributed by atoms with Gasteiger partial charge >= 0.3 is 12.0 Å². The van der Waals surface area contributed by atoms with E-state index in [1.54, 1.807) is 11.8 Å². The van der Waals surface area contributed by atoms with Crippen LogP contribution in [-0.2, 0) is 4.79 Å². The van der Waals surface area contributed by atoms with Crippen molar-refractivity contribution in [3.05, 3.63) is 29.0 Å². The van der Waals surface area contributed by atoms with Crippen molar-refractivity contribution in [3.8, 4) is 0 Å². The molecular formula is C13H14ClFN2O3S. The molecule has 2 amide bonds. The second kappa shape index (κ2) is 7.00. The van der Waals surface area contributed by atoms with Gasteiger partial charge in [0.1, 0.15) is 5.82 Å². The number of hydrogen-bond acceptors (Lipinski definition) is 3. The molecule has 0 radical (unpaired) electrons. The number of carboxylic acid groups (broad SMARTS) is 1. The van der Waals surface area contributed by atoms with Crippen LogP contribution < -0.4 is 5.32 Å². The van der Waals surface area contributed by atoms with Gasteiger partial charge in [0, 0.05) is 18.1 Å². The second-order valence-electron chi connectivity index (χ2n) is 4.57. The minimum absolute atomic E-state index is 0.114. The first-order chi connectivity index (χ1) is 9.97. The van der Waals surface area contributed by atoms with Crippen LogP contribution in [0.1, 0.15) is 6.42 Å². The normalized spacial score (nSPS) is 18.4. The van der Waals surface area contributed by atoms with Gasteiger partial charge in [-0.1, -0.05) is 11.6 Å². The number of thioether (sulfide) groups is 1. The molecule has 2 N–H and O–H groups in total. The van der Waals surface area contributed by atoms with E-state index in [1.807, 2.05) is 0 Å². The summed E-state index contributed by atoms with van der Waals surface area (Å²) in [6.45, 7) is 0.446. The van der Waals surface area contributed by atoms with E-state index < -0.39 is 17.8 Å². The monoisotopic (exact) mass is 332 g/mol. The molecule has 0 aliphatic carbocycles. The Balaban J connectivity index is 2.10. The average Bonchev–Trinajstić information content (AvgIpc) is 2.42. The van der Waals surface area contributed by atoms with Crippen molar-refractivity contribution in [2.45, 2.75) is 12.5 Å². The van der Waals surface area contributed by atoms with E-state index in [1.165, 1.54) is 17.0 Å². The smallest absolute Gasteiger partial charge is 0.322 e. The number of nitrogens with one attached hydrogen (secondary N) is 1. The topological polar surface area (TPSA) is 69.6 Å². The van der Waals surface area contributed by atoms with Crippen molar-refractivity contribution in [2.75, 3.05) is 23.4 Å². The molecule has 1 aliphatic rings. The van der Waals surface area contributed by atoms with E-state index in [4.69, 9.17) is 16.7 Å². The lowest BCUT2D eigenvalue weighted by molar-refractivity contribution is -0.137. The third-order valence-electron chi connectivity index (χ3n) is 3.07. The SMILES string of the molecule is O=C(O)CC1CSCCN1C(=O)Nc1cc(F)ccc1Cl. The molecule has 1 unspecified atom stereocenters. The van der Waals surface area contributed by atoms with Gasteiger partial charge in [0.05, 0.1) is 23.2 Å². The molecule has 5 nitrogen and oxygen atoms in total. The maximum absolute atomic E-state index is 13.2. The van der Waals surface area contributed by atoms with Crippen molar-refractivity contribution < 1.29 is 19.1 Å². The van der Waals surface area contributed by atoms with Crippen LogP contribution in [0.3, 0.4) is 0 Å². The number of rotatable bonds is 3. The maximum atomic E-state index is 13.2. The van der Waals surface area contributed by atoms with Gasteiger partial charge < -0.3 is 15.3 Å². The molecular weight excluding hydrogens is 319 g/mol. The minimum atomic E-state index is -0.955. The largest absolute Gasteiger partial charge is 0.481 e. The molecule has 0 bridgehead atoms. The van der Waals surface area contributed by atoms with Crippen LogP contribution in [0.4, 0.5) is 14.9 Å². The predicted octanol–water partition coefficient (Wildman–Crippen LogP) is 2.90. The first-order valence-electron chi connectivity index (χ1n) is 6.29. The molecule has 1 fully saturated rings. The Bertz CT molecular complexity index is 558. The van der Waals surface area contributed by atoms with Crippen molar-refractivity contribution in [3.63, 3.8) is 0 Å². The number of carbonyl (C=O) groups excluding carboxylic acids is 1. The highest BCUT2D eigenvalue weighted by Gasteiger charge is 2.29. The summed E-state index contributed by atoms with van der Waals surface area (Å²) in [5.74, 6) is -0.160. The van der Waals surface area contributed by atoms with Gasteiger partial charge in [-0.25, -0.2) is 9.18 Å². The standard InChI is InChI=1S/C13H14ClFN2O3S/c14-10-2-1-8(15)5-11(10)16-13(20)17-3-4-21-7-9(17)6-12(18)19/h1-2,5,9H,3-4,6-7H2,(H,16,20)(H,18,19). The van der Waals surface area contributed by atoms with Gasteiger partial charge in [0.2, 0.25) is 0 Å². The molecule has 1 heterocycles. The van der Waals surface area contributed by atoms with E-state index in [0.29, 0.717) is 12.3 Å².